The van der Waals surface area contributed by atoms with Crippen LogP contribution in [0.25, 0.3) is 28.5 Å². The Hall–Kier alpha value is -4.06. The van der Waals surface area contributed by atoms with Gasteiger partial charge in [0.2, 0.25) is 5.91 Å². The lowest BCUT2D eigenvalue weighted by Gasteiger charge is -2.06. The van der Waals surface area contributed by atoms with Gasteiger partial charge in [0.15, 0.2) is 0 Å². The van der Waals surface area contributed by atoms with Gasteiger partial charge in [0.05, 0.1) is 11.0 Å². The Kier molecular flexibility index (Phi) is 13.3. The molecule has 0 atom stereocenters. The summed E-state index contributed by atoms with van der Waals surface area (Å²) in [5.41, 5.74) is 6.95. The van der Waals surface area contributed by atoms with Crippen LogP contribution in [0, 0.1) is 18.8 Å². The van der Waals surface area contributed by atoms with E-state index >= 15 is 0 Å². The number of nitrogens with one attached hydrogen (secondary N) is 1. The minimum absolute atomic E-state index is 0.190. The summed E-state index contributed by atoms with van der Waals surface area (Å²) in [5, 5.41) is 5.87. The molecular formula is C31H40N4O2. The molecule has 6 nitrogen and oxygen atoms in total. The first kappa shape index (κ1) is 31.0. The van der Waals surface area contributed by atoms with Gasteiger partial charge in [-0.25, -0.2) is 4.98 Å². The fourth-order valence-electron chi connectivity index (χ4n) is 3.56. The summed E-state index contributed by atoms with van der Waals surface area (Å²) < 4.78 is 1.92. The normalized spacial score (nSPS) is 9.86. The van der Waals surface area contributed by atoms with E-state index in [2.05, 4.69) is 21.5 Å². The molecule has 6 heteroatoms. The minimum atomic E-state index is -0.190. The molecule has 0 spiro atoms. The van der Waals surface area contributed by atoms with Gasteiger partial charge in [0.1, 0.15) is 11.5 Å². The standard InChI is InChI=1S/C25H22N4O2.3C2H6/c1-16-4-5-18(17(2)14-16)8-13-24(30)26-20-9-6-19(7-10-20)25-27-22-12-11-21(28-31)15-23(22)29(25)3;3*1-2/h4-15H,1-3H3,(H,26,30);3*1-2H3/b13-8+;;;. The molecule has 3 aromatic carbocycles. The number of imidazole rings is 1. The molecule has 0 fully saturated rings. The molecule has 0 aliphatic rings. The van der Waals surface area contributed by atoms with Crippen molar-refractivity contribution in [2.45, 2.75) is 55.4 Å². The first-order valence-electron chi connectivity index (χ1n) is 12.9. The van der Waals surface area contributed by atoms with Crippen LogP contribution in [0.2, 0.25) is 0 Å². The van der Waals surface area contributed by atoms with Crippen LogP contribution in [0.1, 0.15) is 58.2 Å². The predicted molar refractivity (Wildman–Crippen MR) is 159 cm³/mol. The number of rotatable bonds is 5. The Bertz CT molecular complexity index is 1320. The zero-order valence-corrected chi connectivity index (χ0v) is 23.6. The molecule has 4 aromatic rings. The van der Waals surface area contributed by atoms with E-state index < -0.39 is 0 Å². The van der Waals surface area contributed by atoms with E-state index in [0.717, 1.165) is 33.5 Å². The molecule has 1 aromatic heterocycles. The maximum absolute atomic E-state index is 12.3. The second kappa shape index (κ2) is 15.8. The smallest absolute Gasteiger partial charge is 0.248 e. The number of nitroso groups, excluding NO2 is 1. The van der Waals surface area contributed by atoms with E-state index in [4.69, 9.17) is 0 Å². The Morgan fingerprint density at radius 1 is 0.892 bits per heavy atom. The third-order valence-corrected chi connectivity index (χ3v) is 5.22. The average molecular weight is 501 g/mol. The molecule has 1 heterocycles. The van der Waals surface area contributed by atoms with Crippen molar-refractivity contribution in [3.63, 3.8) is 0 Å². The van der Waals surface area contributed by atoms with Gasteiger partial charge in [-0.15, -0.1) is 4.91 Å². The molecule has 0 unspecified atom stereocenters. The minimum Gasteiger partial charge on any atom is -0.327 e. The van der Waals surface area contributed by atoms with Gasteiger partial charge in [0.25, 0.3) is 0 Å². The summed E-state index contributed by atoms with van der Waals surface area (Å²) >= 11 is 0. The van der Waals surface area contributed by atoms with Gasteiger partial charge in [-0.3, -0.25) is 4.79 Å². The second-order valence-electron chi connectivity index (χ2n) is 7.52. The number of carbonyl (C=O) groups excluding carboxylic acids is 1. The van der Waals surface area contributed by atoms with Crippen molar-refractivity contribution in [3.8, 4) is 11.4 Å². The SMILES string of the molecule is CC.CC.CC.Cc1ccc(/C=C/C(=O)Nc2ccc(-c3nc4ccc(N=O)cc4n3C)cc2)c(C)c1. The van der Waals surface area contributed by atoms with Crippen molar-refractivity contribution >= 4 is 34.4 Å². The highest BCUT2D eigenvalue weighted by Crippen LogP contribution is 2.27. The summed E-state index contributed by atoms with van der Waals surface area (Å²) in [5.74, 6) is 0.579. The molecular weight excluding hydrogens is 460 g/mol. The van der Waals surface area contributed by atoms with Crippen LogP contribution in [-0.4, -0.2) is 15.5 Å². The fourth-order valence-corrected chi connectivity index (χ4v) is 3.56. The van der Waals surface area contributed by atoms with Crippen molar-refractivity contribution in [1.82, 2.24) is 9.55 Å². The van der Waals surface area contributed by atoms with E-state index in [1.54, 1.807) is 18.2 Å². The lowest BCUT2D eigenvalue weighted by atomic mass is 10.1. The summed E-state index contributed by atoms with van der Waals surface area (Å²) in [6.07, 6.45) is 3.36. The summed E-state index contributed by atoms with van der Waals surface area (Å²) in [4.78, 5) is 27.8. The molecule has 1 amide bonds. The Morgan fingerprint density at radius 2 is 1.54 bits per heavy atom. The number of benzene rings is 3. The zero-order valence-electron chi connectivity index (χ0n) is 23.6. The van der Waals surface area contributed by atoms with Crippen molar-refractivity contribution in [2.75, 3.05) is 5.32 Å². The maximum Gasteiger partial charge on any atom is 0.248 e. The molecule has 1 N–H and O–H groups in total. The van der Waals surface area contributed by atoms with Gasteiger partial charge in [0, 0.05) is 24.4 Å². The number of anilines is 1. The van der Waals surface area contributed by atoms with E-state index in [1.165, 1.54) is 11.6 Å². The van der Waals surface area contributed by atoms with E-state index in [-0.39, 0.29) is 5.91 Å². The Morgan fingerprint density at radius 3 is 2.14 bits per heavy atom. The summed E-state index contributed by atoms with van der Waals surface area (Å²) in [6.45, 7) is 16.1. The van der Waals surface area contributed by atoms with Crippen molar-refractivity contribution in [2.24, 2.45) is 12.2 Å². The number of nitrogens with zero attached hydrogens (tertiary/aromatic N) is 3. The van der Waals surface area contributed by atoms with Crippen LogP contribution >= 0.6 is 0 Å². The highest BCUT2D eigenvalue weighted by atomic mass is 16.3. The predicted octanol–water partition coefficient (Wildman–Crippen LogP) is 8.99. The van der Waals surface area contributed by atoms with Gasteiger partial charge >= 0.3 is 0 Å². The van der Waals surface area contributed by atoms with Crippen LogP contribution in [-0.2, 0) is 11.8 Å². The van der Waals surface area contributed by atoms with Crippen LogP contribution in [0.3, 0.4) is 0 Å². The molecule has 0 radical (unpaired) electrons. The molecule has 0 aliphatic heterocycles. The largest absolute Gasteiger partial charge is 0.327 e. The van der Waals surface area contributed by atoms with Crippen molar-refractivity contribution in [1.29, 1.82) is 0 Å². The highest BCUT2D eigenvalue weighted by molar-refractivity contribution is 6.02. The number of fused-ring (bicyclic) bond motifs is 1. The second-order valence-corrected chi connectivity index (χ2v) is 7.52. The van der Waals surface area contributed by atoms with Crippen molar-refractivity contribution in [3.05, 3.63) is 88.3 Å². The molecule has 0 saturated carbocycles. The first-order valence-corrected chi connectivity index (χ1v) is 12.9. The van der Waals surface area contributed by atoms with Crippen molar-refractivity contribution < 1.29 is 4.79 Å². The van der Waals surface area contributed by atoms with Gasteiger partial charge in [-0.1, -0.05) is 65.3 Å². The topological polar surface area (TPSA) is 76.3 Å². The summed E-state index contributed by atoms with van der Waals surface area (Å²) in [6, 6.07) is 18.8. The van der Waals surface area contributed by atoms with E-state index in [1.807, 2.05) is 109 Å². The molecule has 0 saturated heterocycles. The van der Waals surface area contributed by atoms with Gasteiger partial charge < -0.3 is 9.88 Å². The first-order chi connectivity index (χ1) is 17.9. The molecule has 0 bridgehead atoms. The lowest BCUT2D eigenvalue weighted by molar-refractivity contribution is -0.111. The zero-order chi connectivity index (χ0) is 28.0. The number of hydrogen-bond acceptors (Lipinski definition) is 4. The molecule has 37 heavy (non-hydrogen) atoms. The van der Waals surface area contributed by atoms with Crippen LogP contribution < -0.4 is 5.32 Å². The average Bonchev–Trinajstić information content (AvgIpc) is 3.27. The fraction of sp³-hybridized carbons (Fsp3) is 0.290. The number of amides is 1. The highest BCUT2D eigenvalue weighted by Gasteiger charge is 2.11. The number of carbonyl (C=O) groups is 1. The van der Waals surface area contributed by atoms with Crippen LogP contribution in [0.15, 0.2) is 71.9 Å². The Balaban J connectivity index is 0.00000106. The van der Waals surface area contributed by atoms with Crippen LogP contribution in [0.4, 0.5) is 11.4 Å². The summed E-state index contributed by atoms with van der Waals surface area (Å²) in [7, 11) is 1.90. The maximum atomic E-state index is 12.3. The molecule has 196 valence electrons. The quantitative estimate of drug-likeness (QED) is 0.219. The Labute approximate surface area is 221 Å². The molecule has 4 rings (SSSR count). The number of hydrogen-bond donors (Lipinski definition) is 1. The van der Waals surface area contributed by atoms with Gasteiger partial charge in [-0.2, -0.15) is 0 Å². The molecule has 0 aliphatic carbocycles. The number of aromatic nitrogens is 2. The number of aryl methyl sites for hydroxylation is 3. The lowest BCUT2D eigenvalue weighted by Crippen LogP contribution is -2.07. The van der Waals surface area contributed by atoms with E-state index in [9.17, 15) is 9.70 Å². The van der Waals surface area contributed by atoms with E-state index in [0.29, 0.717) is 11.4 Å². The van der Waals surface area contributed by atoms with Crippen LogP contribution in [0.5, 0.6) is 0 Å². The third-order valence-electron chi connectivity index (χ3n) is 5.22. The van der Waals surface area contributed by atoms with Gasteiger partial charge in [-0.05, 0) is 78.7 Å². The third kappa shape index (κ3) is 8.24. The monoisotopic (exact) mass is 500 g/mol.